The molecule has 6 saturated carbocycles. The van der Waals surface area contributed by atoms with E-state index in [0.717, 1.165) is 126 Å². The summed E-state index contributed by atoms with van der Waals surface area (Å²) >= 11 is 0. The molecule has 2 unspecified atom stereocenters. The molecule has 0 saturated heterocycles. The highest BCUT2D eigenvalue weighted by atomic mass is 28.5. The fourth-order valence-electron chi connectivity index (χ4n) is 17.0. The number of methoxy groups -OCH3 is 1. The van der Waals surface area contributed by atoms with Crippen molar-refractivity contribution in [3.05, 3.63) is 0 Å². The van der Waals surface area contributed by atoms with Crippen LogP contribution in [-0.2, 0) is 60.7 Å². The lowest BCUT2D eigenvalue weighted by Gasteiger charge is -2.35. The number of rotatable bonds is 37. The van der Waals surface area contributed by atoms with E-state index >= 15 is 0 Å². The lowest BCUT2D eigenvalue weighted by atomic mass is 9.72. The van der Waals surface area contributed by atoms with Crippen LogP contribution < -0.4 is 0 Å². The van der Waals surface area contributed by atoms with Gasteiger partial charge in [-0.05, 0) is 219 Å². The second-order valence-electron chi connectivity index (χ2n) is 31.4. The molecule has 506 valence electrons. The molecule has 6 fully saturated rings. The van der Waals surface area contributed by atoms with Crippen LogP contribution in [0.25, 0.3) is 0 Å². The van der Waals surface area contributed by atoms with Gasteiger partial charge in [0.2, 0.25) is 0 Å². The average molecular weight is 1270 g/mol. The zero-order valence-corrected chi connectivity index (χ0v) is 59.4. The van der Waals surface area contributed by atoms with Gasteiger partial charge in [0.05, 0.1) is 19.1 Å². The number of carbonyl (C=O) groups is 6. The Kier molecular flexibility index (Phi) is 32.6. The van der Waals surface area contributed by atoms with E-state index in [1.807, 2.05) is 26.2 Å². The summed E-state index contributed by atoms with van der Waals surface area (Å²) in [6.45, 7) is 17.4. The van der Waals surface area contributed by atoms with Crippen LogP contribution in [0.5, 0.6) is 0 Å². The van der Waals surface area contributed by atoms with Crippen LogP contribution in [0.3, 0.4) is 0 Å². The smallest absolute Gasteiger partial charge is 0.387 e. The van der Waals surface area contributed by atoms with Gasteiger partial charge < -0.3 is 36.7 Å². The van der Waals surface area contributed by atoms with E-state index in [0.29, 0.717) is 111 Å². The molecule has 0 N–H and O–H groups in total. The fourth-order valence-corrected chi connectivity index (χ4v) is 23.4. The summed E-state index contributed by atoms with van der Waals surface area (Å²) in [7, 11) is -4.31. The van der Waals surface area contributed by atoms with Crippen LogP contribution in [0.2, 0.25) is 26.2 Å². The predicted molar refractivity (Wildman–Crippen MR) is 353 cm³/mol. The third-order valence-corrected chi connectivity index (χ3v) is 28.0. The number of unbranched alkanes of at least 4 members (excludes halogenated alkanes) is 3. The lowest BCUT2D eigenvalue weighted by Crippen LogP contribution is -2.50. The van der Waals surface area contributed by atoms with Gasteiger partial charge in [-0.25, -0.2) is 0 Å². The number of hydrogen-bond donors (Lipinski definition) is 0. The van der Waals surface area contributed by atoms with Gasteiger partial charge in [-0.1, -0.05) is 130 Å². The predicted octanol–water partition coefficient (Wildman–Crippen LogP) is 18.1. The van der Waals surface area contributed by atoms with Gasteiger partial charge in [0.25, 0.3) is 11.9 Å². The van der Waals surface area contributed by atoms with E-state index < -0.39 is 22.5 Å². The summed E-state index contributed by atoms with van der Waals surface area (Å²) in [6, 6.07) is 0. The molecule has 0 aromatic heterocycles. The normalized spacial score (nSPS) is 29.2. The van der Waals surface area contributed by atoms with Crippen LogP contribution in [0.1, 0.15) is 285 Å². The van der Waals surface area contributed by atoms with Gasteiger partial charge in [-0.2, -0.15) is 0 Å². The summed E-state index contributed by atoms with van der Waals surface area (Å²) in [5, 5.41) is 0. The Morgan fingerprint density at radius 3 is 1.05 bits per heavy atom. The minimum absolute atomic E-state index is 0.0845. The second kappa shape index (κ2) is 38.5. The standard InChI is InChI=1S/C73H128O13Si2/c1-10-12-13-14-15-54(3)40-41-81-51-73(11-2,52-82-69(76)47-64-32-22-59(23-33-64)44-58-20-30-63(31-21-58)46-68(75)80-5)53-83-70(77)48-65-34-24-60(25-35-65)45-62-28-38-67(39-29-62)50-72(79)85-88(8,9)86-87(6,7)84-71(78)49-66-36-26-61(27-37-66)43-57-18-16-56(17-19-57)42-55(4)74/h54,56-67H,10-53H2,1-9H3. The van der Waals surface area contributed by atoms with Gasteiger partial charge in [0.1, 0.15) is 19.0 Å². The largest absolute Gasteiger partial charge is 0.495 e. The summed E-state index contributed by atoms with van der Waals surface area (Å²) in [6.07, 6.45) is 41.9. The maximum absolute atomic E-state index is 13.6. The Bertz CT molecular complexity index is 2050. The van der Waals surface area contributed by atoms with Crippen LogP contribution in [0, 0.1) is 82.3 Å². The first-order chi connectivity index (χ1) is 42.1. The number of Topliss-reactive ketones (excluding diaryl/α,β-unsaturated/α-hetero) is 1. The number of hydrogen-bond acceptors (Lipinski definition) is 13. The highest BCUT2D eigenvalue weighted by Crippen LogP contribution is 2.44. The van der Waals surface area contributed by atoms with Crippen molar-refractivity contribution in [3.63, 3.8) is 0 Å². The van der Waals surface area contributed by atoms with E-state index in [4.69, 9.17) is 31.9 Å². The lowest BCUT2D eigenvalue weighted by molar-refractivity contribution is -0.159. The SMILES string of the molecule is CCCCCCC(C)CCOCC(CC)(COC(=O)CC1CCC(CC2CCC(CC(=O)OC)CC2)CC1)COC(=O)CC1CCC(CC2CCC(CC(=O)O[Si](C)(C)O[Si](C)(C)OC(=O)CC3CCC(CC4CCC(CC(C)=O)CC4)CC3)CC2)CC1. The van der Waals surface area contributed by atoms with E-state index in [-0.39, 0.29) is 43.1 Å². The van der Waals surface area contributed by atoms with Crippen LogP contribution in [0.4, 0.5) is 0 Å². The van der Waals surface area contributed by atoms with Crippen molar-refractivity contribution in [3.8, 4) is 0 Å². The number of ketones is 1. The monoisotopic (exact) mass is 1270 g/mol. The molecule has 13 nitrogen and oxygen atoms in total. The molecule has 0 amide bonds. The molecule has 0 spiro atoms. The average Bonchev–Trinajstić information content (AvgIpc) is 3.53. The molecule has 0 aromatic rings. The Morgan fingerprint density at radius 2 is 0.727 bits per heavy atom. The van der Waals surface area contributed by atoms with Crippen molar-refractivity contribution in [2.24, 2.45) is 82.3 Å². The molecule has 0 bridgehead atoms. The molecule has 6 rings (SSSR count). The summed E-state index contributed by atoms with van der Waals surface area (Å²) < 4.78 is 42.2. The molecule has 6 aliphatic rings. The third-order valence-electron chi connectivity index (χ3n) is 22.6. The Morgan fingerprint density at radius 1 is 0.409 bits per heavy atom. The van der Waals surface area contributed by atoms with E-state index in [1.165, 1.54) is 123 Å². The van der Waals surface area contributed by atoms with Crippen LogP contribution in [0.15, 0.2) is 0 Å². The number of carbonyl (C=O) groups excluding carboxylic acids is 6. The van der Waals surface area contributed by atoms with Gasteiger partial charge in [0, 0.05) is 45.1 Å². The first-order valence-corrected chi connectivity index (χ1v) is 42.3. The Hall–Kier alpha value is -2.63. The van der Waals surface area contributed by atoms with Crippen molar-refractivity contribution in [2.45, 2.75) is 311 Å². The quantitative estimate of drug-likeness (QED) is 0.0250. The van der Waals surface area contributed by atoms with Gasteiger partial charge in [-0.3, -0.25) is 24.0 Å². The zero-order chi connectivity index (χ0) is 63.5. The highest BCUT2D eigenvalue weighted by Gasteiger charge is 2.43. The number of esters is 3. The van der Waals surface area contributed by atoms with E-state index in [2.05, 4.69) is 20.8 Å². The third kappa shape index (κ3) is 28.7. The number of ether oxygens (including phenoxy) is 4. The first kappa shape index (κ1) is 74.4. The van der Waals surface area contributed by atoms with Crippen molar-refractivity contribution in [2.75, 3.05) is 33.5 Å². The molecular formula is C73H128O13Si2. The molecule has 88 heavy (non-hydrogen) atoms. The second-order valence-corrected chi connectivity index (χ2v) is 38.2. The minimum Gasteiger partial charge on any atom is -0.495 e. The Balaban J connectivity index is 0.838. The fraction of sp³-hybridized carbons (Fsp3) is 0.918. The molecule has 6 aliphatic carbocycles. The van der Waals surface area contributed by atoms with Gasteiger partial charge in [-0.15, -0.1) is 0 Å². The van der Waals surface area contributed by atoms with Crippen molar-refractivity contribution in [1.29, 1.82) is 0 Å². The molecule has 0 heterocycles. The van der Waals surface area contributed by atoms with Gasteiger partial charge in [0.15, 0.2) is 0 Å². The van der Waals surface area contributed by atoms with Gasteiger partial charge >= 0.3 is 35.0 Å². The van der Waals surface area contributed by atoms with Crippen molar-refractivity contribution >= 4 is 52.8 Å². The summed E-state index contributed by atoms with van der Waals surface area (Å²) in [5.41, 5.74) is -0.594. The molecule has 0 aromatic carbocycles. The topological polar surface area (TPSA) is 167 Å². The van der Waals surface area contributed by atoms with Crippen LogP contribution in [-0.4, -0.2) is 86.3 Å². The van der Waals surface area contributed by atoms with Crippen molar-refractivity contribution < 1.29 is 60.7 Å². The zero-order valence-electron chi connectivity index (χ0n) is 57.4. The van der Waals surface area contributed by atoms with Crippen molar-refractivity contribution in [1.82, 2.24) is 0 Å². The van der Waals surface area contributed by atoms with E-state index in [1.54, 1.807) is 6.92 Å². The molecule has 0 radical (unpaired) electrons. The minimum atomic E-state index is -2.90. The Labute approximate surface area is 537 Å². The molecular weight excluding hydrogens is 1140 g/mol. The summed E-state index contributed by atoms with van der Waals surface area (Å²) in [5.74, 6) is 6.83. The van der Waals surface area contributed by atoms with Crippen LogP contribution >= 0.6 is 0 Å². The molecule has 2 atom stereocenters. The molecule has 15 heteroatoms. The maximum atomic E-state index is 13.6. The maximum Gasteiger partial charge on any atom is 0.387 e. The molecule has 0 aliphatic heterocycles. The highest BCUT2D eigenvalue weighted by molar-refractivity contribution is 6.80. The van der Waals surface area contributed by atoms with E-state index in [9.17, 15) is 28.8 Å². The summed E-state index contributed by atoms with van der Waals surface area (Å²) in [4.78, 5) is 77.1. The first-order valence-electron chi connectivity index (χ1n) is 36.7.